The van der Waals surface area contributed by atoms with Crippen LogP contribution in [0.4, 0.5) is 0 Å². The van der Waals surface area contributed by atoms with E-state index in [9.17, 15) is 9.59 Å². The third-order valence-corrected chi connectivity index (χ3v) is 6.48. The molecular formula is C21H31N5O2. The van der Waals surface area contributed by atoms with Gasteiger partial charge >= 0.3 is 0 Å². The van der Waals surface area contributed by atoms with Gasteiger partial charge in [0.1, 0.15) is 0 Å². The highest BCUT2D eigenvalue weighted by Gasteiger charge is 2.48. The lowest BCUT2D eigenvalue weighted by Gasteiger charge is -2.42. The molecule has 4 rings (SSSR count). The summed E-state index contributed by atoms with van der Waals surface area (Å²) in [6.45, 7) is 3.92. The molecule has 7 nitrogen and oxygen atoms in total. The van der Waals surface area contributed by atoms with Gasteiger partial charge in [0.2, 0.25) is 11.8 Å². The summed E-state index contributed by atoms with van der Waals surface area (Å²) in [7, 11) is 0. The summed E-state index contributed by atoms with van der Waals surface area (Å²) in [6, 6.07) is 6.20. The van der Waals surface area contributed by atoms with Crippen LogP contribution < -0.4 is 11.1 Å². The predicted octanol–water partition coefficient (Wildman–Crippen LogP) is 0.892. The lowest BCUT2D eigenvalue weighted by Crippen LogP contribution is -2.54. The highest BCUT2D eigenvalue weighted by atomic mass is 16.2. The second-order valence-corrected chi connectivity index (χ2v) is 8.55. The number of amides is 2. The number of carbonyl (C=O) groups is 2. The zero-order chi connectivity index (χ0) is 19.6. The van der Waals surface area contributed by atoms with Gasteiger partial charge in [-0.05, 0) is 57.2 Å². The maximum absolute atomic E-state index is 12.6. The maximum atomic E-state index is 12.6. The van der Waals surface area contributed by atoms with Gasteiger partial charge in [-0.2, -0.15) is 0 Å². The molecule has 152 valence electrons. The fourth-order valence-electron chi connectivity index (χ4n) is 4.47. The van der Waals surface area contributed by atoms with Crippen molar-refractivity contribution in [3.63, 3.8) is 0 Å². The smallest absolute Gasteiger partial charge is 0.242 e. The topological polar surface area (TPSA) is 91.6 Å². The van der Waals surface area contributed by atoms with Crippen molar-refractivity contribution in [1.29, 1.82) is 0 Å². The Morgan fingerprint density at radius 1 is 1.18 bits per heavy atom. The first kappa shape index (κ1) is 19.3. The number of nitrogens with two attached hydrogens (primary N) is 1. The van der Waals surface area contributed by atoms with E-state index in [1.807, 2.05) is 23.1 Å². The monoisotopic (exact) mass is 385 g/mol. The Balaban J connectivity index is 1.25. The van der Waals surface area contributed by atoms with E-state index < -0.39 is 5.54 Å². The zero-order valence-corrected chi connectivity index (χ0v) is 16.5. The van der Waals surface area contributed by atoms with Crippen LogP contribution in [0.1, 0.15) is 44.2 Å². The van der Waals surface area contributed by atoms with Crippen molar-refractivity contribution < 1.29 is 9.59 Å². The third kappa shape index (κ3) is 4.36. The zero-order valence-electron chi connectivity index (χ0n) is 16.5. The number of hydrogen-bond acceptors (Lipinski definition) is 5. The van der Waals surface area contributed by atoms with Crippen molar-refractivity contribution in [2.24, 2.45) is 11.7 Å². The van der Waals surface area contributed by atoms with Crippen molar-refractivity contribution >= 4 is 11.8 Å². The largest absolute Gasteiger partial charge is 0.350 e. The summed E-state index contributed by atoms with van der Waals surface area (Å²) >= 11 is 0. The molecule has 2 aliphatic heterocycles. The molecule has 2 saturated heterocycles. The van der Waals surface area contributed by atoms with Crippen LogP contribution in [0.5, 0.6) is 0 Å². The summed E-state index contributed by atoms with van der Waals surface area (Å²) < 4.78 is 0. The van der Waals surface area contributed by atoms with Gasteiger partial charge in [0, 0.05) is 31.9 Å². The van der Waals surface area contributed by atoms with Gasteiger partial charge in [-0.1, -0.05) is 6.07 Å². The van der Waals surface area contributed by atoms with Gasteiger partial charge in [-0.25, -0.2) is 0 Å². The molecule has 0 bridgehead atoms. The van der Waals surface area contributed by atoms with E-state index in [1.54, 1.807) is 6.20 Å². The Kier molecular flexibility index (Phi) is 5.64. The molecule has 7 heteroatoms. The van der Waals surface area contributed by atoms with Crippen molar-refractivity contribution in [2.45, 2.75) is 56.7 Å². The highest BCUT2D eigenvalue weighted by molar-refractivity contribution is 5.89. The van der Waals surface area contributed by atoms with Crippen molar-refractivity contribution in [1.82, 2.24) is 20.1 Å². The van der Waals surface area contributed by atoms with Gasteiger partial charge in [-0.15, -0.1) is 0 Å². The average Bonchev–Trinajstić information content (AvgIpc) is 3.51. The molecule has 3 fully saturated rings. The Morgan fingerprint density at radius 3 is 2.64 bits per heavy atom. The predicted molar refractivity (Wildman–Crippen MR) is 106 cm³/mol. The standard InChI is InChI=1S/C21H31N5O2/c22-21(8-9-21)20(28)25-12-6-18(7-13-25)26-11-3-4-16(15-26)19(27)24-14-17-5-1-2-10-23-17/h1-2,5,10,16,18H,3-4,6-9,11-15,22H2,(H,24,27). The first-order chi connectivity index (χ1) is 13.5. The van der Waals surface area contributed by atoms with Crippen LogP contribution in [-0.4, -0.2) is 64.4 Å². The quantitative estimate of drug-likeness (QED) is 0.786. The SMILES string of the molecule is NC1(C(=O)N2CCC(N3CCCC(C(=O)NCc4ccccn4)C3)CC2)CC1. The van der Waals surface area contributed by atoms with Gasteiger partial charge in [0.25, 0.3) is 0 Å². The Bertz CT molecular complexity index is 698. The molecule has 1 aromatic rings. The molecule has 3 N–H and O–H groups in total. The lowest BCUT2D eigenvalue weighted by atomic mass is 9.93. The Labute approximate surface area is 166 Å². The van der Waals surface area contributed by atoms with Crippen LogP contribution in [0.3, 0.4) is 0 Å². The number of hydrogen-bond donors (Lipinski definition) is 2. The first-order valence-corrected chi connectivity index (χ1v) is 10.6. The summed E-state index contributed by atoms with van der Waals surface area (Å²) in [6.07, 6.45) is 7.34. The van der Waals surface area contributed by atoms with Gasteiger partial charge in [0.05, 0.1) is 23.7 Å². The molecule has 3 heterocycles. The highest BCUT2D eigenvalue weighted by Crippen LogP contribution is 2.35. The number of nitrogens with one attached hydrogen (secondary N) is 1. The van der Waals surface area contributed by atoms with Gasteiger partial charge in [0.15, 0.2) is 0 Å². The molecule has 1 saturated carbocycles. The van der Waals surface area contributed by atoms with E-state index in [-0.39, 0.29) is 17.7 Å². The number of likely N-dealkylation sites (tertiary alicyclic amines) is 2. The number of nitrogens with zero attached hydrogens (tertiary/aromatic N) is 3. The molecule has 0 radical (unpaired) electrons. The molecule has 3 aliphatic rings. The molecule has 1 atom stereocenters. The van der Waals surface area contributed by atoms with Crippen LogP contribution in [0.15, 0.2) is 24.4 Å². The minimum atomic E-state index is -0.561. The summed E-state index contributed by atoms with van der Waals surface area (Å²) in [5.41, 5.74) is 6.39. The Morgan fingerprint density at radius 2 is 1.96 bits per heavy atom. The molecular weight excluding hydrogens is 354 g/mol. The molecule has 28 heavy (non-hydrogen) atoms. The Hall–Kier alpha value is -1.99. The molecule has 1 aromatic heterocycles. The van der Waals surface area contributed by atoms with Crippen LogP contribution in [0.25, 0.3) is 0 Å². The van der Waals surface area contributed by atoms with Crippen LogP contribution in [0.2, 0.25) is 0 Å². The molecule has 0 spiro atoms. The molecule has 1 aliphatic carbocycles. The maximum Gasteiger partial charge on any atom is 0.242 e. The van der Waals surface area contributed by atoms with Crippen LogP contribution >= 0.6 is 0 Å². The number of rotatable bonds is 5. The van der Waals surface area contributed by atoms with E-state index in [0.717, 1.165) is 70.4 Å². The van der Waals surface area contributed by atoms with Crippen LogP contribution in [-0.2, 0) is 16.1 Å². The second kappa shape index (κ2) is 8.17. The minimum Gasteiger partial charge on any atom is -0.350 e. The summed E-state index contributed by atoms with van der Waals surface area (Å²) in [5.74, 6) is 0.300. The van der Waals surface area contributed by atoms with Gasteiger partial charge < -0.3 is 16.0 Å². The molecule has 2 amide bonds. The first-order valence-electron chi connectivity index (χ1n) is 10.6. The van der Waals surface area contributed by atoms with E-state index in [1.165, 1.54) is 0 Å². The van der Waals surface area contributed by atoms with E-state index in [4.69, 9.17) is 5.73 Å². The van der Waals surface area contributed by atoms with Gasteiger partial charge in [-0.3, -0.25) is 19.5 Å². The van der Waals surface area contributed by atoms with Crippen molar-refractivity contribution in [3.8, 4) is 0 Å². The summed E-state index contributed by atoms with van der Waals surface area (Å²) in [5, 5.41) is 3.04. The van der Waals surface area contributed by atoms with Crippen LogP contribution in [0, 0.1) is 5.92 Å². The number of carbonyl (C=O) groups excluding carboxylic acids is 2. The summed E-state index contributed by atoms with van der Waals surface area (Å²) in [4.78, 5) is 33.7. The second-order valence-electron chi connectivity index (χ2n) is 8.55. The van der Waals surface area contributed by atoms with Crippen molar-refractivity contribution in [3.05, 3.63) is 30.1 Å². The fraction of sp³-hybridized carbons (Fsp3) is 0.667. The third-order valence-electron chi connectivity index (χ3n) is 6.48. The number of piperidine rings is 2. The van der Waals surface area contributed by atoms with E-state index in [2.05, 4.69) is 15.2 Å². The minimum absolute atomic E-state index is 0.0379. The van der Waals surface area contributed by atoms with E-state index >= 15 is 0 Å². The fourth-order valence-corrected chi connectivity index (χ4v) is 4.47. The number of pyridine rings is 1. The van der Waals surface area contributed by atoms with Crippen molar-refractivity contribution in [2.75, 3.05) is 26.2 Å². The lowest BCUT2D eigenvalue weighted by molar-refractivity contribution is -0.135. The average molecular weight is 386 g/mol. The molecule has 0 aromatic carbocycles. The molecule has 1 unspecified atom stereocenters. The normalized spacial score (nSPS) is 25.3. The van der Waals surface area contributed by atoms with E-state index in [0.29, 0.717) is 12.6 Å². The number of aromatic nitrogens is 1.